The van der Waals surface area contributed by atoms with Gasteiger partial charge in [0, 0.05) is 17.7 Å². The Hall–Kier alpha value is -1.35. The Morgan fingerprint density at radius 3 is 2.86 bits per heavy atom. The van der Waals surface area contributed by atoms with Gasteiger partial charge in [0.15, 0.2) is 0 Å². The van der Waals surface area contributed by atoms with Gasteiger partial charge in [0.05, 0.1) is 5.02 Å². The van der Waals surface area contributed by atoms with Crippen molar-refractivity contribution >= 4 is 23.6 Å². The standard InChI is InChI=1S/C17H21ClFNO/c1-11-5-3-8-16(12(11)2)20-17(21)10-9-13-14(18)6-4-7-15(13)19/h4,6-7,9-12,16H,3,5,8H2,1-2H3,(H,20,21)/b10-9+/t11-,12-,16-/m1/s1. The lowest BCUT2D eigenvalue weighted by atomic mass is 9.78. The van der Waals surface area contributed by atoms with Gasteiger partial charge in [0.25, 0.3) is 0 Å². The molecule has 21 heavy (non-hydrogen) atoms. The van der Waals surface area contributed by atoms with Crippen molar-refractivity contribution in [3.8, 4) is 0 Å². The van der Waals surface area contributed by atoms with Gasteiger partial charge in [-0.15, -0.1) is 0 Å². The van der Waals surface area contributed by atoms with E-state index in [0.717, 1.165) is 12.8 Å². The van der Waals surface area contributed by atoms with E-state index in [9.17, 15) is 9.18 Å². The summed E-state index contributed by atoms with van der Waals surface area (Å²) in [7, 11) is 0. The summed E-state index contributed by atoms with van der Waals surface area (Å²) in [5, 5.41) is 3.32. The number of hydrogen-bond donors (Lipinski definition) is 1. The predicted octanol–water partition coefficient (Wildman–Crippen LogP) is 4.43. The van der Waals surface area contributed by atoms with Crippen LogP contribution < -0.4 is 5.32 Å². The average molecular weight is 310 g/mol. The van der Waals surface area contributed by atoms with Gasteiger partial charge in [0.1, 0.15) is 5.82 Å². The van der Waals surface area contributed by atoms with Crippen LogP contribution in [0.25, 0.3) is 6.08 Å². The van der Waals surface area contributed by atoms with E-state index < -0.39 is 5.82 Å². The highest BCUT2D eigenvalue weighted by molar-refractivity contribution is 6.32. The lowest BCUT2D eigenvalue weighted by Crippen LogP contribution is -2.43. The monoisotopic (exact) mass is 309 g/mol. The summed E-state index contributed by atoms with van der Waals surface area (Å²) in [5.41, 5.74) is 0.249. The number of hydrogen-bond acceptors (Lipinski definition) is 1. The second-order valence-electron chi connectivity index (χ2n) is 5.85. The second-order valence-corrected chi connectivity index (χ2v) is 6.26. The largest absolute Gasteiger partial charge is 0.350 e. The maximum absolute atomic E-state index is 13.6. The molecule has 2 rings (SSSR count). The normalized spacial score (nSPS) is 26.0. The van der Waals surface area contributed by atoms with Crippen molar-refractivity contribution in [3.05, 3.63) is 40.7 Å². The van der Waals surface area contributed by atoms with Crippen LogP contribution in [0, 0.1) is 17.7 Å². The molecule has 1 aromatic rings. The molecule has 4 heteroatoms. The van der Waals surface area contributed by atoms with Crippen molar-refractivity contribution in [1.29, 1.82) is 0 Å². The number of benzene rings is 1. The molecule has 0 unspecified atom stereocenters. The van der Waals surface area contributed by atoms with E-state index in [1.807, 2.05) is 0 Å². The molecule has 0 bridgehead atoms. The molecule has 114 valence electrons. The third kappa shape index (κ3) is 4.07. The predicted molar refractivity (Wildman–Crippen MR) is 84.6 cm³/mol. The molecule has 1 N–H and O–H groups in total. The highest BCUT2D eigenvalue weighted by Crippen LogP contribution is 2.29. The fourth-order valence-electron chi connectivity index (χ4n) is 2.85. The van der Waals surface area contributed by atoms with E-state index in [4.69, 9.17) is 11.6 Å². The Bertz CT molecular complexity index is 523. The molecular weight excluding hydrogens is 289 g/mol. The van der Waals surface area contributed by atoms with Crippen molar-refractivity contribution in [1.82, 2.24) is 5.32 Å². The minimum atomic E-state index is -0.425. The highest BCUT2D eigenvalue weighted by Gasteiger charge is 2.27. The van der Waals surface area contributed by atoms with Crippen LogP contribution in [0.4, 0.5) is 4.39 Å². The minimum absolute atomic E-state index is 0.194. The van der Waals surface area contributed by atoms with E-state index in [2.05, 4.69) is 19.2 Å². The van der Waals surface area contributed by atoms with Gasteiger partial charge >= 0.3 is 0 Å². The van der Waals surface area contributed by atoms with Crippen molar-refractivity contribution in [2.75, 3.05) is 0 Å². The summed E-state index contributed by atoms with van der Waals surface area (Å²) in [4.78, 5) is 12.0. The first-order valence-electron chi connectivity index (χ1n) is 7.41. The highest BCUT2D eigenvalue weighted by atomic mass is 35.5. The molecule has 0 saturated heterocycles. The molecule has 0 aromatic heterocycles. The van der Waals surface area contributed by atoms with E-state index in [1.165, 1.54) is 24.6 Å². The first kappa shape index (κ1) is 16.0. The van der Waals surface area contributed by atoms with Gasteiger partial charge in [-0.3, -0.25) is 4.79 Å². The number of nitrogens with one attached hydrogen (secondary N) is 1. The minimum Gasteiger partial charge on any atom is -0.350 e. The van der Waals surface area contributed by atoms with Gasteiger partial charge in [-0.2, -0.15) is 0 Å². The molecule has 1 aliphatic carbocycles. The van der Waals surface area contributed by atoms with Gasteiger partial charge < -0.3 is 5.32 Å². The van der Waals surface area contributed by atoms with Crippen LogP contribution in [-0.2, 0) is 4.79 Å². The smallest absolute Gasteiger partial charge is 0.244 e. The third-order valence-corrected chi connectivity index (χ3v) is 4.77. The Kier molecular flexibility index (Phi) is 5.40. The average Bonchev–Trinajstić information content (AvgIpc) is 2.43. The van der Waals surface area contributed by atoms with Crippen LogP contribution in [0.2, 0.25) is 5.02 Å². The number of amides is 1. The van der Waals surface area contributed by atoms with Crippen molar-refractivity contribution < 1.29 is 9.18 Å². The van der Waals surface area contributed by atoms with E-state index in [0.29, 0.717) is 16.9 Å². The summed E-state index contributed by atoms with van der Waals surface area (Å²) in [6.45, 7) is 4.39. The molecule has 0 heterocycles. The molecule has 1 aliphatic rings. The third-order valence-electron chi connectivity index (χ3n) is 4.44. The maximum Gasteiger partial charge on any atom is 0.244 e. The van der Waals surface area contributed by atoms with Gasteiger partial charge in [-0.05, 0) is 36.5 Å². The molecule has 1 aromatic carbocycles. The summed E-state index contributed by atoms with van der Waals surface area (Å²) in [6, 6.07) is 4.67. The van der Waals surface area contributed by atoms with Crippen molar-refractivity contribution in [3.63, 3.8) is 0 Å². The number of rotatable bonds is 3. The summed E-state index contributed by atoms with van der Waals surface area (Å²) >= 11 is 5.92. The van der Waals surface area contributed by atoms with Crippen LogP contribution in [-0.4, -0.2) is 11.9 Å². The molecule has 2 nitrogen and oxygen atoms in total. The molecule has 1 saturated carbocycles. The van der Waals surface area contributed by atoms with Crippen LogP contribution >= 0.6 is 11.6 Å². The van der Waals surface area contributed by atoms with Crippen molar-refractivity contribution in [2.24, 2.45) is 11.8 Å². The van der Waals surface area contributed by atoms with E-state index >= 15 is 0 Å². The number of carbonyl (C=O) groups is 1. The van der Waals surface area contributed by atoms with Crippen LogP contribution in [0.5, 0.6) is 0 Å². The topological polar surface area (TPSA) is 29.1 Å². The molecule has 1 fully saturated rings. The summed E-state index contributed by atoms with van der Waals surface area (Å²) in [5.74, 6) is 0.466. The van der Waals surface area contributed by atoms with Gasteiger partial charge in [0.2, 0.25) is 5.91 Å². The Labute approximate surface area is 130 Å². The van der Waals surface area contributed by atoms with Gasteiger partial charge in [-0.1, -0.05) is 44.4 Å². The van der Waals surface area contributed by atoms with Gasteiger partial charge in [-0.25, -0.2) is 4.39 Å². The van der Waals surface area contributed by atoms with Crippen molar-refractivity contribution in [2.45, 2.75) is 39.2 Å². The Morgan fingerprint density at radius 1 is 1.38 bits per heavy atom. The molecule has 3 atom stereocenters. The van der Waals surface area contributed by atoms with Crippen LogP contribution in [0.1, 0.15) is 38.7 Å². The maximum atomic E-state index is 13.6. The quantitative estimate of drug-likeness (QED) is 0.822. The number of carbonyl (C=O) groups excluding carboxylic acids is 1. The van der Waals surface area contributed by atoms with Crippen LogP contribution in [0.15, 0.2) is 24.3 Å². The fourth-order valence-corrected chi connectivity index (χ4v) is 3.07. The lowest BCUT2D eigenvalue weighted by Gasteiger charge is -2.34. The van der Waals surface area contributed by atoms with E-state index in [-0.39, 0.29) is 17.5 Å². The zero-order valence-electron chi connectivity index (χ0n) is 12.4. The first-order chi connectivity index (χ1) is 9.99. The molecule has 0 aliphatic heterocycles. The first-order valence-corrected chi connectivity index (χ1v) is 7.79. The SMILES string of the molecule is C[C@@H]1[C@H](C)CCC[C@H]1NC(=O)/C=C/c1c(F)cccc1Cl. The van der Waals surface area contributed by atoms with Crippen LogP contribution in [0.3, 0.4) is 0 Å². The fraction of sp³-hybridized carbons (Fsp3) is 0.471. The molecular formula is C17H21ClFNO. The molecule has 0 spiro atoms. The number of halogens is 2. The molecule has 0 radical (unpaired) electrons. The van der Waals surface area contributed by atoms with E-state index in [1.54, 1.807) is 12.1 Å². The summed E-state index contributed by atoms with van der Waals surface area (Å²) in [6.07, 6.45) is 6.15. The zero-order chi connectivity index (χ0) is 15.4. The lowest BCUT2D eigenvalue weighted by molar-refractivity contribution is -0.117. The Balaban J connectivity index is 2.00. The Morgan fingerprint density at radius 2 is 2.14 bits per heavy atom. The molecule has 1 amide bonds. The summed E-state index contributed by atoms with van der Waals surface area (Å²) < 4.78 is 13.6. The second kappa shape index (κ2) is 7.08. The zero-order valence-corrected chi connectivity index (χ0v) is 13.2.